The highest BCUT2D eigenvalue weighted by Gasteiger charge is 2.11. The van der Waals surface area contributed by atoms with Gasteiger partial charge in [0.15, 0.2) is 11.0 Å². The largest absolute Gasteiger partial charge is 0.393 e. The van der Waals surface area contributed by atoms with Crippen molar-refractivity contribution in [2.24, 2.45) is 0 Å². The van der Waals surface area contributed by atoms with Crippen molar-refractivity contribution in [3.63, 3.8) is 0 Å². The van der Waals surface area contributed by atoms with Crippen LogP contribution in [0.15, 0.2) is 10.7 Å². The number of aromatic nitrogens is 3. The maximum absolute atomic E-state index is 5.86. The van der Waals surface area contributed by atoms with Gasteiger partial charge in [-0.1, -0.05) is 27.5 Å². The number of hydrogen-bond acceptors (Lipinski definition) is 6. The van der Waals surface area contributed by atoms with Crippen molar-refractivity contribution in [3.8, 4) is 0 Å². The number of anilines is 3. The summed E-state index contributed by atoms with van der Waals surface area (Å²) in [4.78, 5) is 12.2. The van der Waals surface area contributed by atoms with E-state index in [-0.39, 0.29) is 16.8 Å². The highest BCUT2D eigenvalue weighted by Crippen LogP contribution is 2.26. The summed E-state index contributed by atoms with van der Waals surface area (Å²) in [6.07, 6.45) is 1.80. The Morgan fingerprint density at radius 3 is 2.70 bits per heavy atom. The number of hydrogen-bond donors (Lipinski definition) is 3. The molecule has 0 atom stereocenters. The van der Waals surface area contributed by atoms with E-state index >= 15 is 0 Å². The molecule has 2 heterocycles. The molecule has 2 aromatic rings. The van der Waals surface area contributed by atoms with Crippen molar-refractivity contribution in [2.45, 2.75) is 20.4 Å². The molecule has 6 nitrogen and oxygen atoms in total. The number of nitrogens with one attached hydrogen (secondary N) is 1. The van der Waals surface area contributed by atoms with Gasteiger partial charge in [0, 0.05) is 10.7 Å². The van der Waals surface area contributed by atoms with E-state index in [0.29, 0.717) is 12.4 Å². The lowest BCUT2D eigenvalue weighted by Crippen LogP contribution is -2.10. The standard InChI is InChI=1S/C12H14BrClN6/c1-5-3-17-7(6(2)8(5)13)4-18-11-9(15)10(14)19-12(16)20-11/h3H,4,15H2,1-2H3,(H3,16,18,19,20). The number of halogens is 2. The average molecular weight is 358 g/mol. The molecule has 0 bridgehead atoms. The zero-order chi connectivity index (χ0) is 14.9. The molecule has 0 saturated heterocycles. The molecule has 0 radical (unpaired) electrons. The van der Waals surface area contributed by atoms with Crippen LogP contribution in [0.2, 0.25) is 5.15 Å². The average Bonchev–Trinajstić information content (AvgIpc) is 2.40. The summed E-state index contributed by atoms with van der Waals surface area (Å²) in [5.41, 5.74) is 14.6. The van der Waals surface area contributed by atoms with Gasteiger partial charge in [0.25, 0.3) is 0 Å². The van der Waals surface area contributed by atoms with Crippen LogP contribution >= 0.6 is 27.5 Å². The van der Waals surface area contributed by atoms with E-state index in [1.165, 1.54) is 0 Å². The van der Waals surface area contributed by atoms with Crippen molar-refractivity contribution in [1.82, 2.24) is 15.0 Å². The summed E-state index contributed by atoms with van der Waals surface area (Å²) < 4.78 is 1.04. The molecular weight excluding hydrogens is 344 g/mol. The summed E-state index contributed by atoms with van der Waals surface area (Å²) in [5, 5.41) is 3.21. The first-order valence-electron chi connectivity index (χ1n) is 5.83. The molecule has 0 aliphatic carbocycles. The van der Waals surface area contributed by atoms with Crippen LogP contribution in [0.5, 0.6) is 0 Å². The van der Waals surface area contributed by atoms with Gasteiger partial charge in [-0.3, -0.25) is 4.98 Å². The van der Waals surface area contributed by atoms with Gasteiger partial charge < -0.3 is 16.8 Å². The Balaban J connectivity index is 2.24. The van der Waals surface area contributed by atoms with Crippen LogP contribution in [0.1, 0.15) is 16.8 Å². The second-order valence-electron chi connectivity index (χ2n) is 4.32. The van der Waals surface area contributed by atoms with Crippen LogP contribution in [-0.2, 0) is 6.54 Å². The van der Waals surface area contributed by atoms with Gasteiger partial charge in [-0.25, -0.2) is 0 Å². The summed E-state index contributed by atoms with van der Waals surface area (Å²) >= 11 is 9.39. The summed E-state index contributed by atoms with van der Waals surface area (Å²) in [6, 6.07) is 0. The maximum Gasteiger partial charge on any atom is 0.223 e. The zero-order valence-electron chi connectivity index (χ0n) is 11.0. The number of rotatable bonds is 3. The normalized spacial score (nSPS) is 10.6. The van der Waals surface area contributed by atoms with Crippen molar-refractivity contribution in [2.75, 3.05) is 16.8 Å². The first-order valence-corrected chi connectivity index (χ1v) is 7.00. The van der Waals surface area contributed by atoms with Gasteiger partial charge in [-0.2, -0.15) is 9.97 Å². The molecule has 0 aliphatic heterocycles. The molecule has 0 unspecified atom stereocenters. The van der Waals surface area contributed by atoms with Crippen molar-refractivity contribution < 1.29 is 0 Å². The lowest BCUT2D eigenvalue weighted by molar-refractivity contribution is 0.988. The monoisotopic (exact) mass is 356 g/mol. The molecule has 5 N–H and O–H groups in total. The summed E-state index contributed by atoms with van der Waals surface area (Å²) in [7, 11) is 0. The van der Waals surface area contributed by atoms with Gasteiger partial charge in [-0.15, -0.1) is 0 Å². The van der Waals surface area contributed by atoms with E-state index in [2.05, 4.69) is 36.2 Å². The summed E-state index contributed by atoms with van der Waals surface area (Å²) in [6.45, 7) is 4.44. The van der Waals surface area contributed by atoms with E-state index in [9.17, 15) is 0 Å². The molecule has 2 aromatic heterocycles. The predicted octanol–water partition coefficient (Wildman–Crippen LogP) is 2.68. The Labute approximate surface area is 130 Å². The van der Waals surface area contributed by atoms with E-state index < -0.39 is 0 Å². The predicted molar refractivity (Wildman–Crippen MR) is 84.6 cm³/mol. The smallest absolute Gasteiger partial charge is 0.223 e. The third-order valence-electron chi connectivity index (χ3n) is 2.86. The number of nitrogens with zero attached hydrogens (tertiary/aromatic N) is 3. The Morgan fingerprint density at radius 1 is 1.30 bits per heavy atom. The highest BCUT2D eigenvalue weighted by atomic mass is 79.9. The first-order chi connectivity index (χ1) is 9.40. The van der Waals surface area contributed by atoms with Crippen LogP contribution in [0, 0.1) is 13.8 Å². The Kier molecular flexibility index (Phi) is 4.29. The molecular formula is C12H14BrClN6. The van der Waals surface area contributed by atoms with E-state index in [0.717, 1.165) is 21.3 Å². The SMILES string of the molecule is Cc1cnc(CNc2nc(N)nc(Cl)c2N)c(C)c1Br. The van der Waals surface area contributed by atoms with E-state index in [1.807, 2.05) is 13.8 Å². The molecule has 0 amide bonds. The van der Waals surface area contributed by atoms with Crippen molar-refractivity contribution >= 4 is 45.0 Å². The minimum absolute atomic E-state index is 0.0708. The topological polar surface area (TPSA) is 103 Å². The maximum atomic E-state index is 5.86. The van der Waals surface area contributed by atoms with E-state index in [4.69, 9.17) is 23.1 Å². The molecule has 0 saturated carbocycles. The molecule has 0 spiro atoms. The van der Waals surface area contributed by atoms with Crippen molar-refractivity contribution in [1.29, 1.82) is 0 Å². The van der Waals surface area contributed by atoms with Crippen molar-refractivity contribution in [3.05, 3.63) is 32.6 Å². The lowest BCUT2D eigenvalue weighted by atomic mass is 10.1. The van der Waals surface area contributed by atoms with Gasteiger partial charge in [0.05, 0.1) is 12.2 Å². The fraction of sp³-hybridized carbons (Fsp3) is 0.250. The fourth-order valence-electron chi connectivity index (χ4n) is 1.69. The van der Waals surface area contributed by atoms with Crippen LogP contribution in [-0.4, -0.2) is 15.0 Å². The molecule has 0 fully saturated rings. The Morgan fingerprint density at radius 2 is 2.00 bits per heavy atom. The fourth-order valence-corrected chi connectivity index (χ4v) is 2.20. The molecule has 0 aromatic carbocycles. The van der Waals surface area contributed by atoms with Gasteiger partial charge in [0.2, 0.25) is 5.95 Å². The number of nitrogen functional groups attached to an aromatic ring is 2. The second-order valence-corrected chi connectivity index (χ2v) is 5.47. The molecule has 8 heteroatoms. The van der Waals surface area contributed by atoms with E-state index in [1.54, 1.807) is 6.20 Å². The Bertz CT molecular complexity index is 661. The van der Waals surface area contributed by atoms with Crippen LogP contribution < -0.4 is 16.8 Å². The number of nitrogens with two attached hydrogens (primary N) is 2. The molecule has 2 rings (SSSR count). The third kappa shape index (κ3) is 2.94. The Hall–Kier alpha value is -1.60. The van der Waals surface area contributed by atoms with Crippen LogP contribution in [0.25, 0.3) is 0 Å². The lowest BCUT2D eigenvalue weighted by Gasteiger charge is -2.12. The van der Waals surface area contributed by atoms with Gasteiger partial charge >= 0.3 is 0 Å². The highest BCUT2D eigenvalue weighted by molar-refractivity contribution is 9.10. The van der Waals surface area contributed by atoms with Crippen LogP contribution in [0.4, 0.5) is 17.5 Å². The van der Waals surface area contributed by atoms with Gasteiger partial charge in [-0.05, 0) is 25.0 Å². The molecule has 0 aliphatic rings. The minimum Gasteiger partial charge on any atom is -0.393 e. The molecule has 20 heavy (non-hydrogen) atoms. The van der Waals surface area contributed by atoms with Crippen LogP contribution in [0.3, 0.4) is 0 Å². The first kappa shape index (κ1) is 14.8. The summed E-state index contributed by atoms with van der Waals surface area (Å²) in [5.74, 6) is 0.474. The number of aryl methyl sites for hydroxylation is 1. The van der Waals surface area contributed by atoms with Gasteiger partial charge in [0.1, 0.15) is 5.69 Å². The number of pyridine rings is 1. The molecule has 106 valence electrons. The minimum atomic E-state index is 0.0708. The third-order valence-corrected chi connectivity index (χ3v) is 4.37. The second kappa shape index (κ2) is 5.80. The zero-order valence-corrected chi connectivity index (χ0v) is 13.4. The quantitative estimate of drug-likeness (QED) is 0.730.